The van der Waals surface area contributed by atoms with E-state index in [1.807, 2.05) is 30.3 Å². The molecule has 0 bridgehead atoms. The number of nitrogens with zero attached hydrogens (tertiary/aromatic N) is 3. The fourth-order valence-electron chi connectivity index (χ4n) is 3.10. The van der Waals surface area contributed by atoms with Gasteiger partial charge in [-0.25, -0.2) is 4.39 Å². The standard InChI is InChI=1S/C19H19FN4O/c20-16-11-15(7-8-17(16)24-9-1-2-10-24)19-22-18(23-25-19)14-5-3-13(12-21)4-6-14/h3-8,11H,1-2,9-10,12,21H2. The molecule has 1 saturated heterocycles. The molecular formula is C19H19FN4O. The Morgan fingerprint density at radius 1 is 1.04 bits per heavy atom. The van der Waals surface area contributed by atoms with E-state index in [1.54, 1.807) is 6.07 Å². The third-order valence-corrected chi connectivity index (χ3v) is 4.52. The van der Waals surface area contributed by atoms with Crippen LogP contribution in [0.5, 0.6) is 0 Å². The maximum Gasteiger partial charge on any atom is 0.258 e. The van der Waals surface area contributed by atoms with Crippen molar-refractivity contribution < 1.29 is 8.91 Å². The largest absolute Gasteiger partial charge is 0.369 e. The predicted octanol–water partition coefficient (Wildman–Crippen LogP) is 3.60. The van der Waals surface area contributed by atoms with E-state index in [9.17, 15) is 4.39 Å². The molecule has 0 unspecified atom stereocenters. The quantitative estimate of drug-likeness (QED) is 0.787. The summed E-state index contributed by atoms with van der Waals surface area (Å²) in [5.74, 6) is 0.527. The van der Waals surface area contributed by atoms with Crippen LogP contribution >= 0.6 is 0 Å². The number of hydrogen-bond donors (Lipinski definition) is 1. The Kier molecular flexibility index (Phi) is 4.19. The van der Waals surface area contributed by atoms with Crippen molar-refractivity contribution in [3.8, 4) is 22.8 Å². The van der Waals surface area contributed by atoms with Crippen molar-refractivity contribution >= 4 is 5.69 Å². The lowest BCUT2D eigenvalue weighted by Gasteiger charge is -2.18. The summed E-state index contributed by atoms with van der Waals surface area (Å²) in [5, 5.41) is 4.00. The lowest BCUT2D eigenvalue weighted by molar-refractivity contribution is 0.432. The molecule has 0 saturated carbocycles. The van der Waals surface area contributed by atoms with Crippen LogP contribution in [0.25, 0.3) is 22.8 Å². The van der Waals surface area contributed by atoms with Gasteiger partial charge in [-0.1, -0.05) is 29.4 Å². The minimum Gasteiger partial charge on any atom is -0.369 e. The highest BCUT2D eigenvalue weighted by Gasteiger charge is 2.18. The zero-order valence-corrected chi connectivity index (χ0v) is 13.8. The first-order chi connectivity index (χ1) is 12.2. The number of rotatable bonds is 4. The molecular weight excluding hydrogens is 319 g/mol. The number of aromatic nitrogens is 2. The van der Waals surface area contributed by atoms with Crippen LogP contribution in [0, 0.1) is 5.82 Å². The monoisotopic (exact) mass is 338 g/mol. The Hall–Kier alpha value is -2.73. The van der Waals surface area contributed by atoms with Crippen molar-refractivity contribution in [2.45, 2.75) is 19.4 Å². The van der Waals surface area contributed by atoms with E-state index < -0.39 is 0 Å². The van der Waals surface area contributed by atoms with Gasteiger partial charge >= 0.3 is 0 Å². The summed E-state index contributed by atoms with van der Waals surface area (Å²) >= 11 is 0. The second kappa shape index (κ2) is 6.64. The SMILES string of the molecule is NCc1ccc(-c2noc(-c3ccc(N4CCCC4)c(F)c3)n2)cc1. The summed E-state index contributed by atoms with van der Waals surface area (Å²) in [7, 11) is 0. The van der Waals surface area contributed by atoms with Crippen LogP contribution in [-0.2, 0) is 6.54 Å². The minimum atomic E-state index is -0.258. The van der Waals surface area contributed by atoms with Crippen molar-refractivity contribution in [2.75, 3.05) is 18.0 Å². The van der Waals surface area contributed by atoms with E-state index in [-0.39, 0.29) is 5.82 Å². The molecule has 1 aliphatic rings. The first kappa shape index (κ1) is 15.8. The average Bonchev–Trinajstić information content (AvgIpc) is 3.34. The molecule has 5 nitrogen and oxygen atoms in total. The smallest absolute Gasteiger partial charge is 0.258 e. The predicted molar refractivity (Wildman–Crippen MR) is 94.5 cm³/mol. The average molecular weight is 338 g/mol. The maximum atomic E-state index is 14.5. The number of nitrogens with two attached hydrogens (primary N) is 1. The van der Waals surface area contributed by atoms with E-state index >= 15 is 0 Å². The Morgan fingerprint density at radius 2 is 1.76 bits per heavy atom. The molecule has 0 spiro atoms. The van der Waals surface area contributed by atoms with Crippen LogP contribution in [0.3, 0.4) is 0 Å². The third kappa shape index (κ3) is 3.13. The molecule has 0 radical (unpaired) electrons. The Balaban J connectivity index is 1.59. The zero-order chi connectivity index (χ0) is 17.2. The second-order valence-corrected chi connectivity index (χ2v) is 6.18. The third-order valence-electron chi connectivity index (χ3n) is 4.52. The van der Waals surface area contributed by atoms with Crippen molar-refractivity contribution in [1.29, 1.82) is 0 Å². The van der Waals surface area contributed by atoms with E-state index in [4.69, 9.17) is 10.3 Å². The first-order valence-electron chi connectivity index (χ1n) is 8.42. The van der Waals surface area contributed by atoms with Gasteiger partial charge in [-0.05, 0) is 36.6 Å². The van der Waals surface area contributed by atoms with Crippen LogP contribution in [0.4, 0.5) is 10.1 Å². The topological polar surface area (TPSA) is 68.2 Å². The Labute approximate surface area is 145 Å². The van der Waals surface area contributed by atoms with Gasteiger partial charge in [-0.2, -0.15) is 4.98 Å². The summed E-state index contributed by atoms with van der Waals surface area (Å²) < 4.78 is 19.8. The second-order valence-electron chi connectivity index (χ2n) is 6.18. The molecule has 128 valence electrons. The molecule has 1 aromatic heterocycles. The van der Waals surface area contributed by atoms with Gasteiger partial charge in [0.2, 0.25) is 5.82 Å². The summed E-state index contributed by atoms with van der Waals surface area (Å²) in [4.78, 5) is 6.45. The van der Waals surface area contributed by atoms with Gasteiger partial charge < -0.3 is 15.2 Å². The minimum absolute atomic E-state index is 0.258. The van der Waals surface area contributed by atoms with Crippen LogP contribution in [-0.4, -0.2) is 23.2 Å². The fraction of sp³-hybridized carbons (Fsp3) is 0.263. The molecule has 2 N–H and O–H groups in total. The Bertz CT molecular complexity index is 869. The van der Waals surface area contributed by atoms with Crippen LogP contribution in [0.2, 0.25) is 0 Å². The lowest BCUT2D eigenvalue weighted by Crippen LogP contribution is -2.18. The molecule has 1 aliphatic heterocycles. The number of anilines is 1. The van der Waals surface area contributed by atoms with Crippen LogP contribution in [0.1, 0.15) is 18.4 Å². The number of halogens is 1. The first-order valence-corrected chi connectivity index (χ1v) is 8.42. The van der Waals surface area contributed by atoms with Gasteiger partial charge in [0.25, 0.3) is 5.89 Å². The zero-order valence-electron chi connectivity index (χ0n) is 13.8. The molecule has 3 aromatic rings. The van der Waals surface area contributed by atoms with E-state index in [0.29, 0.717) is 29.5 Å². The Morgan fingerprint density at radius 3 is 2.44 bits per heavy atom. The van der Waals surface area contributed by atoms with Crippen molar-refractivity contribution in [2.24, 2.45) is 5.73 Å². The number of benzene rings is 2. The van der Waals surface area contributed by atoms with Gasteiger partial charge in [0, 0.05) is 30.8 Å². The molecule has 0 aliphatic carbocycles. The van der Waals surface area contributed by atoms with Crippen LogP contribution < -0.4 is 10.6 Å². The van der Waals surface area contributed by atoms with Gasteiger partial charge in [-0.3, -0.25) is 0 Å². The maximum absolute atomic E-state index is 14.5. The van der Waals surface area contributed by atoms with Gasteiger partial charge in [0.15, 0.2) is 0 Å². The lowest BCUT2D eigenvalue weighted by atomic mass is 10.1. The highest BCUT2D eigenvalue weighted by Crippen LogP contribution is 2.29. The van der Waals surface area contributed by atoms with Crippen molar-refractivity contribution in [3.05, 3.63) is 53.8 Å². The molecule has 4 rings (SSSR count). The molecule has 6 heteroatoms. The van der Waals surface area contributed by atoms with Gasteiger partial charge in [0.05, 0.1) is 5.69 Å². The summed E-state index contributed by atoms with van der Waals surface area (Å²) in [6.07, 6.45) is 2.22. The van der Waals surface area contributed by atoms with E-state index in [0.717, 1.165) is 37.1 Å². The van der Waals surface area contributed by atoms with Gasteiger partial charge in [-0.15, -0.1) is 0 Å². The molecule has 2 aromatic carbocycles. The highest BCUT2D eigenvalue weighted by atomic mass is 19.1. The molecule has 0 atom stereocenters. The molecule has 25 heavy (non-hydrogen) atoms. The number of hydrogen-bond acceptors (Lipinski definition) is 5. The fourth-order valence-corrected chi connectivity index (χ4v) is 3.10. The molecule has 0 amide bonds. The van der Waals surface area contributed by atoms with Crippen LogP contribution in [0.15, 0.2) is 47.0 Å². The van der Waals surface area contributed by atoms with Gasteiger partial charge in [0.1, 0.15) is 5.82 Å². The summed E-state index contributed by atoms with van der Waals surface area (Å²) in [6, 6.07) is 12.7. The van der Waals surface area contributed by atoms with Crippen molar-refractivity contribution in [3.63, 3.8) is 0 Å². The summed E-state index contributed by atoms with van der Waals surface area (Å²) in [5.41, 5.74) is 8.69. The summed E-state index contributed by atoms with van der Waals surface area (Å²) in [6.45, 7) is 2.29. The molecule has 1 fully saturated rings. The normalized spacial score (nSPS) is 14.2. The van der Waals surface area contributed by atoms with E-state index in [1.165, 1.54) is 6.07 Å². The van der Waals surface area contributed by atoms with Crippen molar-refractivity contribution in [1.82, 2.24) is 10.1 Å². The molecule has 2 heterocycles. The van der Waals surface area contributed by atoms with E-state index in [2.05, 4.69) is 15.0 Å². The highest BCUT2D eigenvalue weighted by molar-refractivity contribution is 5.63.